The van der Waals surface area contributed by atoms with Crippen LogP contribution in [0.2, 0.25) is 0 Å². The molecule has 0 aliphatic carbocycles. The van der Waals surface area contributed by atoms with Crippen LogP contribution in [0.5, 0.6) is 5.75 Å². The first-order valence-electron chi connectivity index (χ1n) is 12.6. The summed E-state index contributed by atoms with van der Waals surface area (Å²) >= 11 is 0. The number of nitrogens with zero attached hydrogens (tertiary/aromatic N) is 2. The molecule has 1 aromatic heterocycles. The van der Waals surface area contributed by atoms with E-state index in [1.807, 2.05) is 19.2 Å². The van der Waals surface area contributed by atoms with Gasteiger partial charge in [0, 0.05) is 18.5 Å². The average Bonchev–Trinajstić information content (AvgIpc) is 3.54. The Morgan fingerprint density at radius 3 is 2.49 bits per heavy atom. The lowest BCUT2D eigenvalue weighted by Crippen LogP contribution is -2.39. The number of hydrogen-bond donors (Lipinski definition) is 1. The van der Waals surface area contributed by atoms with E-state index >= 15 is 0 Å². The first-order chi connectivity index (χ1) is 17.2. The van der Waals surface area contributed by atoms with Gasteiger partial charge in [-0.05, 0) is 81.6 Å². The molecular weight excluding hydrogens is 520 g/mol. The van der Waals surface area contributed by atoms with Crippen LogP contribution in [-0.4, -0.2) is 56.2 Å². The van der Waals surface area contributed by atoms with E-state index in [4.69, 9.17) is 18.7 Å². The third-order valence-corrected chi connectivity index (χ3v) is 7.03. The minimum Gasteiger partial charge on any atom is -0.488 e. The van der Waals surface area contributed by atoms with Crippen molar-refractivity contribution >= 4 is 35.8 Å². The van der Waals surface area contributed by atoms with Crippen molar-refractivity contribution in [3.05, 3.63) is 59.0 Å². The number of halogens is 3. The predicted octanol–water partition coefficient (Wildman–Crippen LogP) is 5.13. The highest BCUT2D eigenvalue weighted by Crippen LogP contribution is 2.32. The van der Waals surface area contributed by atoms with E-state index in [9.17, 15) is 4.39 Å². The predicted molar refractivity (Wildman–Crippen MR) is 145 cm³/mol. The Balaban J connectivity index is 0.00000190. The molecule has 2 fully saturated rings. The fourth-order valence-corrected chi connectivity index (χ4v) is 5.01. The van der Waals surface area contributed by atoms with Crippen LogP contribution in [0.15, 0.2) is 40.9 Å². The van der Waals surface area contributed by atoms with E-state index in [0.29, 0.717) is 32.3 Å². The monoisotopic (exact) mass is 555 g/mol. The van der Waals surface area contributed by atoms with Crippen molar-refractivity contribution < 1.29 is 23.1 Å². The molecule has 7 nitrogen and oxygen atoms in total. The summed E-state index contributed by atoms with van der Waals surface area (Å²) in [6.07, 6.45) is 4.34. The van der Waals surface area contributed by atoms with E-state index in [0.717, 1.165) is 66.0 Å². The number of aryl methyl sites for hydroxylation is 1. The van der Waals surface area contributed by atoms with Crippen LogP contribution < -0.4 is 10.1 Å². The van der Waals surface area contributed by atoms with E-state index in [2.05, 4.69) is 15.4 Å². The second-order valence-corrected chi connectivity index (χ2v) is 9.45. The molecule has 3 heterocycles. The minimum atomic E-state index is -0.251. The Hall–Kier alpha value is -1.94. The van der Waals surface area contributed by atoms with Gasteiger partial charge in [-0.25, -0.2) is 4.39 Å². The summed E-state index contributed by atoms with van der Waals surface area (Å²) in [5, 5.41) is 8.69. The zero-order valence-electron chi connectivity index (χ0n) is 21.1. The summed E-state index contributed by atoms with van der Waals surface area (Å²) in [5.74, 6) is 1.19. The van der Waals surface area contributed by atoms with Crippen LogP contribution in [-0.2, 0) is 29.0 Å². The van der Waals surface area contributed by atoms with E-state index < -0.39 is 0 Å². The zero-order valence-corrected chi connectivity index (χ0v) is 22.8. The van der Waals surface area contributed by atoms with Gasteiger partial charge in [-0.15, -0.1) is 24.8 Å². The fraction of sp³-hybridized carbons (Fsp3) is 0.519. The molecule has 2 saturated heterocycles. The number of fused-ring (bicyclic) bond motifs is 1. The van der Waals surface area contributed by atoms with E-state index in [1.165, 1.54) is 25.0 Å². The molecule has 5 rings (SSSR count). The first-order valence-corrected chi connectivity index (χ1v) is 12.6. The van der Waals surface area contributed by atoms with Gasteiger partial charge in [0.15, 0.2) is 11.9 Å². The SMILES string of the molecule is CNCc1c(OCc2ccc(F)cc2)ccc2c(CCC3CCN(CC4OCCO4)CC3)noc12.Cl.Cl. The molecule has 2 aliphatic rings. The van der Waals surface area contributed by atoms with Gasteiger partial charge < -0.3 is 24.1 Å². The molecule has 2 aliphatic heterocycles. The van der Waals surface area contributed by atoms with Gasteiger partial charge in [-0.3, -0.25) is 4.90 Å². The Morgan fingerprint density at radius 1 is 1.05 bits per heavy atom. The van der Waals surface area contributed by atoms with Gasteiger partial charge in [0.2, 0.25) is 0 Å². The van der Waals surface area contributed by atoms with Crippen molar-refractivity contribution in [3.8, 4) is 5.75 Å². The molecule has 2 aromatic carbocycles. The van der Waals surface area contributed by atoms with Crippen molar-refractivity contribution in [1.29, 1.82) is 0 Å². The average molecular weight is 557 g/mol. The maximum Gasteiger partial charge on any atom is 0.175 e. The standard InChI is InChI=1S/C27H34FN3O4.2ClH/c1-29-16-23-25(34-18-20-2-5-21(28)6-3-20)9-7-22-24(30-35-27(22)23)8-4-19-10-12-31(13-11-19)17-26-32-14-15-33-26;;/h2-3,5-7,9,19,26,29H,4,8,10-18H2,1H3;2*1H. The van der Waals surface area contributed by atoms with Gasteiger partial charge >= 0.3 is 0 Å². The van der Waals surface area contributed by atoms with Crippen molar-refractivity contribution in [2.24, 2.45) is 5.92 Å². The van der Waals surface area contributed by atoms with Crippen molar-refractivity contribution in [2.45, 2.75) is 45.1 Å². The first kappa shape index (κ1) is 29.6. The number of piperidine rings is 1. The van der Waals surface area contributed by atoms with Crippen LogP contribution in [0.25, 0.3) is 11.0 Å². The van der Waals surface area contributed by atoms with Crippen LogP contribution in [0.3, 0.4) is 0 Å². The highest BCUT2D eigenvalue weighted by atomic mass is 35.5. The molecule has 0 saturated carbocycles. The number of nitrogens with one attached hydrogen (secondary N) is 1. The summed E-state index contributed by atoms with van der Waals surface area (Å²) < 4.78 is 36.2. The summed E-state index contributed by atoms with van der Waals surface area (Å²) in [5.41, 5.74) is 3.65. The lowest BCUT2D eigenvalue weighted by atomic mass is 9.91. The molecule has 0 unspecified atom stereocenters. The summed E-state index contributed by atoms with van der Waals surface area (Å²) in [6, 6.07) is 10.4. The van der Waals surface area contributed by atoms with Crippen molar-refractivity contribution in [2.75, 3.05) is 39.9 Å². The van der Waals surface area contributed by atoms with E-state index in [-0.39, 0.29) is 36.9 Å². The second kappa shape index (κ2) is 14.3. The molecule has 204 valence electrons. The number of hydrogen-bond acceptors (Lipinski definition) is 7. The third-order valence-electron chi connectivity index (χ3n) is 7.03. The summed E-state index contributed by atoms with van der Waals surface area (Å²) in [6.45, 7) is 5.46. The summed E-state index contributed by atoms with van der Waals surface area (Å²) in [7, 11) is 1.90. The second-order valence-electron chi connectivity index (χ2n) is 9.45. The molecule has 0 radical (unpaired) electrons. The molecule has 0 amide bonds. The van der Waals surface area contributed by atoms with Crippen molar-refractivity contribution in [1.82, 2.24) is 15.4 Å². The Morgan fingerprint density at radius 2 is 1.78 bits per heavy atom. The molecule has 37 heavy (non-hydrogen) atoms. The Labute approximate surface area is 229 Å². The van der Waals surface area contributed by atoms with Gasteiger partial charge in [0.25, 0.3) is 0 Å². The molecule has 3 aromatic rings. The Bertz CT molecular complexity index is 1100. The molecule has 1 N–H and O–H groups in total. The number of ether oxygens (including phenoxy) is 3. The van der Waals surface area contributed by atoms with E-state index in [1.54, 1.807) is 12.1 Å². The number of benzene rings is 2. The summed E-state index contributed by atoms with van der Waals surface area (Å²) in [4.78, 5) is 2.45. The lowest BCUT2D eigenvalue weighted by molar-refractivity contribution is -0.0661. The fourth-order valence-electron chi connectivity index (χ4n) is 5.01. The number of likely N-dealkylation sites (tertiary alicyclic amines) is 1. The van der Waals surface area contributed by atoms with Gasteiger partial charge in [0.05, 0.1) is 24.5 Å². The highest BCUT2D eigenvalue weighted by molar-refractivity contribution is 5.86. The molecular formula is C27H36Cl2FN3O4. The quantitative estimate of drug-likeness (QED) is 0.372. The van der Waals surface area contributed by atoms with Crippen molar-refractivity contribution in [3.63, 3.8) is 0 Å². The van der Waals surface area contributed by atoms with Gasteiger partial charge in [0.1, 0.15) is 18.2 Å². The smallest absolute Gasteiger partial charge is 0.175 e. The van der Waals surface area contributed by atoms with Gasteiger partial charge in [-0.1, -0.05) is 17.3 Å². The number of rotatable bonds is 10. The topological polar surface area (TPSA) is 69.0 Å². The Kier molecular flexibility index (Phi) is 11.4. The number of aromatic nitrogens is 1. The largest absolute Gasteiger partial charge is 0.488 e. The zero-order chi connectivity index (χ0) is 24.0. The van der Waals surface area contributed by atoms with Gasteiger partial charge in [-0.2, -0.15) is 0 Å². The maximum atomic E-state index is 13.2. The maximum absolute atomic E-state index is 13.2. The minimum absolute atomic E-state index is 0. The highest BCUT2D eigenvalue weighted by Gasteiger charge is 2.25. The third kappa shape index (κ3) is 7.56. The van der Waals surface area contributed by atoms with Crippen LogP contribution >= 0.6 is 24.8 Å². The molecule has 10 heteroatoms. The molecule has 0 spiro atoms. The molecule has 0 atom stereocenters. The van der Waals surface area contributed by atoms with Crippen LogP contribution in [0.1, 0.15) is 36.1 Å². The lowest BCUT2D eigenvalue weighted by Gasteiger charge is -2.32. The molecule has 0 bridgehead atoms. The van der Waals surface area contributed by atoms with Crippen LogP contribution in [0, 0.1) is 11.7 Å². The normalized spacial score (nSPS) is 17.0. The van der Waals surface area contributed by atoms with Crippen LogP contribution in [0.4, 0.5) is 4.39 Å².